The number of hydrogen-bond donors (Lipinski definition) is 3. The number of hydrogen-bond acceptors (Lipinski definition) is 7. The molecule has 0 saturated heterocycles. The molecule has 0 aliphatic rings. The zero-order valence-corrected chi connectivity index (χ0v) is 17.8. The molecule has 156 valence electrons. The van der Waals surface area contributed by atoms with Gasteiger partial charge >= 0.3 is 5.97 Å². The lowest BCUT2D eigenvalue weighted by atomic mass is 10.1. The molecule has 1 rings (SSSR count). The molecule has 3 N–H and O–H groups in total. The summed E-state index contributed by atoms with van der Waals surface area (Å²) in [5.74, 6) is -1.09. The molecule has 0 heterocycles. The summed E-state index contributed by atoms with van der Waals surface area (Å²) in [5, 5.41) is 20.6. The lowest BCUT2D eigenvalue weighted by Gasteiger charge is -2.20. The van der Waals surface area contributed by atoms with Crippen LogP contribution in [0.3, 0.4) is 0 Å². The van der Waals surface area contributed by atoms with Crippen LogP contribution in [-0.4, -0.2) is 72.0 Å². The van der Waals surface area contributed by atoms with Crippen LogP contribution >= 0.6 is 21.6 Å². The lowest BCUT2D eigenvalue weighted by Crippen LogP contribution is -2.47. The van der Waals surface area contributed by atoms with Gasteiger partial charge < -0.3 is 25.2 Å². The van der Waals surface area contributed by atoms with Crippen molar-refractivity contribution in [3.05, 3.63) is 29.3 Å². The third-order valence-corrected chi connectivity index (χ3v) is 6.01. The van der Waals surface area contributed by atoms with E-state index in [0.717, 1.165) is 16.0 Å². The standard InChI is InChI=1S/C18H26N2O6S2/c1-12(22)19-15(18(25)20(2)3)11-27-28-16-5-4-13(9-21)8-14(16)6-7-26-10-17(23)24/h4-5,8,15,21H,6-7,9-11H2,1-3H3,(H,19,22)(H,23,24). The Morgan fingerprint density at radius 1 is 1.29 bits per heavy atom. The number of nitrogens with one attached hydrogen (secondary N) is 1. The average Bonchev–Trinajstić information content (AvgIpc) is 2.63. The highest BCUT2D eigenvalue weighted by molar-refractivity contribution is 8.76. The quantitative estimate of drug-likeness (QED) is 0.334. The van der Waals surface area contributed by atoms with E-state index >= 15 is 0 Å². The predicted octanol–water partition coefficient (Wildman–Crippen LogP) is 1.16. The van der Waals surface area contributed by atoms with Gasteiger partial charge in [-0.1, -0.05) is 33.7 Å². The molecule has 0 aliphatic heterocycles. The van der Waals surface area contributed by atoms with Gasteiger partial charge in [0, 0.05) is 31.7 Å². The summed E-state index contributed by atoms with van der Waals surface area (Å²) in [6.07, 6.45) is 0.496. The van der Waals surface area contributed by atoms with Crippen LogP contribution < -0.4 is 5.32 Å². The van der Waals surface area contributed by atoms with E-state index in [1.807, 2.05) is 12.1 Å². The Morgan fingerprint density at radius 2 is 2.00 bits per heavy atom. The molecule has 1 atom stereocenters. The number of carbonyl (C=O) groups is 3. The normalized spacial score (nSPS) is 11.7. The fourth-order valence-corrected chi connectivity index (χ4v) is 4.68. The smallest absolute Gasteiger partial charge is 0.329 e. The monoisotopic (exact) mass is 430 g/mol. The molecule has 0 saturated carbocycles. The molecule has 8 nitrogen and oxygen atoms in total. The lowest BCUT2D eigenvalue weighted by molar-refractivity contribution is -0.142. The van der Waals surface area contributed by atoms with Crippen molar-refractivity contribution >= 4 is 39.4 Å². The molecule has 28 heavy (non-hydrogen) atoms. The minimum atomic E-state index is -1.02. The minimum absolute atomic E-state index is 0.0942. The number of amides is 2. The number of benzene rings is 1. The van der Waals surface area contributed by atoms with Gasteiger partial charge in [0.15, 0.2) is 0 Å². The first kappa shape index (κ1) is 24.3. The molecule has 0 bridgehead atoms. The summed E-state index contributed by atoms with van der Waals surface area (Å²) < 4.78 is 5.10. The van der Waals surface area contributed by atoms with Crippen LogP contribution in [0.25, 0.3) is 0 Å². The fourth-order valence-electron chi connectivity index (χ4n) is 2.25. The number of aliphatic hydroxyl groups is 1. The van der Waals surface area contributed by atoms with Crippen molar-refractivity contribution in [3.63, 3.8) is 0 Å². The van der Waals surface area contributed by atoms with Gasteiger partial charge in [0.05, 0.1) is 13.2 Å². The maximum atomic E-state index is 12.2. The largest absolute Gasteiger partial charge is 0.480 e. The second kappa shape index (κ2) is 12.7. The zero-order chi connectivity index (χ0) is 21.1. The van der Waals surface area contributed by atoms with Crippen LogP contribution in [0.2, 0.25) is 0 Å². The van der Waals surface area contributed by atoms with Gasteiger partial charge in [0.1, 0.15) is 12.6 Å². The van der Waals surface area contributed by atoms with Crippen molar-refractivity contribution in [1.82, 2.24) is 10.2 Å². The zero-order valence-electron chi connectivity index (χ0n) is 16.1. The highest BCUT2D eigenvalue weighted by atomic mass is 33.1. The van der Waals surface area contributed by atoms with E-state index in [1.54, 1.807) is 20.2 Å². The van der Waals surface area contributed by atoms with E-state index in [1.165, 1.54) is 33.4 Å². The first-order valence-electron chi connectivity index (χ1n) is 8.54. The van der Waals surface area contributed by atoms with Crippen molar-refractivity contribution in [2.75, 3.05) is 33.1 Å². The van der Waals surface area contributed by atoms with Crippen molar-refractivity contribution < 1.29 is 29.3 Å². The van der Waals surface area contributed by atoms with Crippen LogP contribution in [0.15, 0.2) is 23.1 Å². The average molecular weight is 431 g/mol. The molecule has 2 amide bonds. The van der Waals surface area contributed by atoms with Crippen molar-refractivity contribution in [3.8, 4) is 0 Å². The molecular weight excluding hydrogens is 404 g/mol. The van der Waals surface area contributed by atoms with Crippen molar-refractivity contribution in [2.45, 2.75) is 30.9 Å². The minimum Gasteiger partial charge on any atom is -0.480 e. The highest BCUT2D eigenvalue weighted by Crippen LogP contribution is 2.35. The third-order valence-electron chi connectivity index (χ3n) is 3.55. The van der Waals surface area contributed by atoms with Gasteiger partial charge in [0.25, 0.3) is 0 Å². The molecular formula is C18H26N2O6S2. The predicted molar refractivity (Wildman–Crippen MR) is 109 cm³/mol. The third kappa shape index (κ3) is 8.96. The van der Waals surface area contributed by atoms with Gasteiger partial charge in [-0.3, -0.25) is 9.59 Å². The van der Waals surface area contributed by atoms with E-state index in [0.29, 0.717) is 12.2 Å². The number of aliphatic hydroxyl groups excluding tert-OH is 1. The first-order valence-corrected chi connectivity index (χ1v) is 10.9. The number of carbonyl (C=O) groups excluding carboxylic acids is 2. The Kier molecular flexibility index (Phi) is 11.0. The Bertz CT molecular complexity index is 684. The summed E-state index contributed by atoms with van der Waals surface area (Å²) in [6, 6.07) is 4.91. The van der Waals surface area contributed by atoms with Gasteiger partial charge in [-0.25, -0.2) is 4.79 Å². The number of likely N-dealkylation sites (N-methyl/N-ethyl adjacent to an activating group) is 1. The summed E-state index contributed by atoms with van der Waals surface area (Å²) in [6.45, 7) is 1.16. The molecule has 0 radical (unpaired) electrons. The number of nitrogens with zero attached hydrogens (tertiary/aromatic N) is 1. The second-order valence-corrected chi connectivity index (χ2v) is 8.53. The van der Waals surface area contributed by atoms with Gasteiger partial charge in [-0.05, 0) is 23.6 Å². The molecule has 0 aromatic heterocycles. The summed E-state index contributed by atoms with van der Waals surface area (Å²) in [5.41, 5.74) is 1.67. The molecule has 0 spiro atoms. The topological polar surface area (TPSA) is 116 Å². The van der Waals surface area contributed by atoms with Crippen LogP contribution in [0.1, 0.15) is 18.1 Å². The number of ether oxygens (including phenoxy) is 1. The van der Waals surface area contributed by atoms with E-state index in [4.69, 9.17) is 9.84 Å². The molecule has 0 aliphatic carbocycles. The van der Waals surface area contributed by atoms with E-state index in [9.17, 15) is 19.5 Å². The molecule has 1 unspecified atom stereocenters. The van der Waals surface area contributed by atoms with Crippen molar-refractivity contribution in [2.24, 2.45) is 0 Å². The van der Waals surface area contributed by atoms with Crippen molar-refractivity contribution in [1.29, 1.82) is 0 Å². The maximum absolute atomic E-state index is 12.2. The molecule has 1 aromatic carbocycles. The SMILES string of the molecule is CC(=O)NC(CSSc1ccc(CO)cc1CCOCC(=O)O)C(=O)N(C)C. The number of aliphatic carboxylic acids is 1. The Balaban J connectivity index is 2.73. The van der Waals surface area contributed by atoms with Crippen LogP contribution in [0, 0.1) is 0 Å². The molecule has 0 fully saturated rings. The Labute approximate surface area is 172 Å². The summed E-state index contributed by atoms with van der Waals surface area (Å²) in [4.78, 5) is 36.5. The van der Waals surface area contributed by atoms with Crippen LogP contribution in [-0.2, 0) is 32.1 Å². The summed E-state index contributed by atoms with van der Waals surface area (Å²) in [7, 11) is 6.16. The summed E-state index contributed by atoms with van der Waals surface area (Å²) >= 11 is 0. The van der Waals surface area contributed by atoms with Crippen LogP contribution in [0.4, 0.5) is 0 Å². The van der Waals surface area contributed by atoms with E-state index in [2.05, 4.69) is 5.32 Å². The molecule has 1 aromatic rings. The molecule has 10 heteroatoms. The maximum Gasteiger partial charge on any atom is 0.329 e. The second-order valence-electron chi connectivity index (χ2n) is 6.15. The van der Waals surface area contributed by atoms with E-state index in [-0.39, 0.29) is 31.6 Å². The van der Waals surface area contributed by atoms with Gasteiger partial charge in [-0.2, -0.15) is 0 Å². The van der Waals surface area contributed by atoms with Crippen LogP contribution in [0.5, 0.6) is 0 Å². The Hall–Kier alpha value is -1.75. The Morgan fingerprint density at radius 3 is 2.57 bits per heavy atom. The first-order chi connectivity index (χ1) is 13.2. The number of carboxylic acids is 1. The number of carboxylic acid groups (broad SMARTS) is 1. The van der Waals surface area contributed by atoms with Gasteiger partial charge in [0.2, 0.25) is 11.8 Å². The number of rotatable bonds is 12. The van der Waals surface area contributed by atoms with Gasteiger partial charge in [-0.15, -0.1) is 0 Å². The fraction of sp³-hybridized carbons (Fsp3) is 0.500. The van der Waals surface area contributed by atoms with E-state index < -0.39 is 12.0 Å². The highest BCUT2D eigenvalue weighted by Gasteiger charge is 2.21.